The van der Waals surface area contributed by atoms with Crippen molar-refractivity contribution in [2.24, 2.45) is 5.92 Å². The fraction of sp³-hybridized carbons (Fsp3) is 0.325. The lowest BCUT2D eigenvalue weighted by molar-refractivity contribution is -0.870. The number of alkyl halides is 3. The summed E-state index contributed by atoms with van der Waals surface area (Å²) >= 11 is 0. The summed E-state index contributed by atoms with van der Waals surface area (Å²) in [7, 11) is 1.78. The molecule has 0 atom stereocenters. The van der Waals surface area contributed by atoms with E-state index in [2.05, 4.69) is 15.3 Å². The lowest BCUT2D eigenvalue weighted by Crippen LogP contribution is -2.44. The van der Waals surface area contributed by atoms with E-state index in [9.17, 15) is 40.5 Å². The number of hydrogen-bond donors (Lipinski definition) is 1. The molecule has 0 bridgehead atoms. The van der Waals surface area contributed by atoms with Gasteiger partial charge in [-0.1, -0.05) is 36.4 Å². The highest BCUT2D eigenvalue weighted by Gasteiger charge is 2.33. The van der Waals surface area contributed by atoms with Gasteiger partial charge in [0.1, 0.15) is 29.0 Å². The number of halogens is 3. The molecule has 0 aliphatic heterocycles. The molecule has 58 heavy (non-hydrogen) atoms. The first-order chi connectivity index (χ1) is 27.3. The molecular formula is C40H42F3N7O7S. The number of aromatic nitrogens is 4. The highest BCUT2D eigenvalue weighted by atomic mass is 32.2. The molecule has 1 N–H and O–H groups in total. The first-order valence-corrected chi connectivity index (χ1v) is 19.5. The number of likely N-dealkylation sites (N-methyl/N-ethyl adjacent to an activating group) is 1. The van der Waals surface area contributed by atoms with Crippen molar-refractivity contribution in [2.45, 2.75) is 49.7 Å². The van der Waals surface area contributed by atoms with Crippen molar-refractivity contribution in [3.63, 3.8) is 0 Å². The molecule has 2 aromatic heterocycles. The number of ether oxygens (including phenoxy) is 1. The fourth-order valence-corrected chi connectivity index (χ4v) is 6.91. The van der Waals surface area contributed by atoms with Gasteiger partial charge in [-0.05, 0) is 81.1 Å². The second kappa shape index (κ2) is 17.6. The summed E-state index contributed by atoms with van der Waals surface area (Å²) in [5, 5.41) is 7.30. The largest absolute Gasteiger partial charge is 0.744 e. The fourth-order valence-electron chi connectivity index (χ4n) is 6.42. The van der Waals surface area contributed by atoms with Crippen molar-refractivity contribution in [1.82, 2.24) is 24.2 Å². The minimum Gasteiger partial charge on any atom is -0.744 e. The zero-order valence-corrected chi connectivity index (χ0v) is 33.0. The molecule has 14 nitrogen and oxygen atoms in total. The predicted molar refractivity (Wildman–Crippen MR) is 207 cm³/mol. The third kappa shape index (κ3) is 10.5. The second-order valence-corrected chi connectivity index (χ2v) is 16.0. The first kappa shape index (κ1) is 43.1. The van der Waals surface area contributed by atoms with Crippen LogP contribution in [0.25, 0.3) is 27.6 Å². The van der Waals surface area contributed by atoms with Crippen LogP contribution in [0.5, 0.6) is 0 Å². The Hall–Kier alpha value is -6.03. The van der Waals surface area contributed by atoms with Crippen LogP contribution in [-0.4, -0.2) is 88.7 Å². The van der Waals surface area contributed by atoms with Gasteiger partial charge in [-0.2, -0.15) is 18.3 Å². The van der Waals surface area contributed by atoms with Crippen LogP contribution < -0.4 is 11.0 Å². The molecule has 18 heteroatoms. The number of esters is 1. The zero-order valence-electron chi connectivity index (χ0n) is 32.1. The molecule has 1 fully saturated rings. The van der Waals surface area contributed by atoms with Gasteiger partial charge >= 0.3 is 23.9 Å². The Labute approximate surface area is 333 Å². The van der Waals surface area contributed by atoms with Crippen molar-refractivity contribution >= 4 is 27.8 Å². The van der Waals surface area contributed by atoms with E-state index < -0.39 is 33.6 Å². The van der Waals surface area contributed by atoms with E-state index in [-0.39, 0.29) is 39.9 Å². The number of nitrogens with zero attached hydrogens (tertiary/aromatic N) is 6. The summed E-state index contributed by atoms with van der Waals surface area (Å²) in [4.78, 5) is 43.9. The molecule has 1 aliphatic carbocycles. The maximum atomic E-state index is 14.1. The number of nitrogens with one attached hydrogen (secondary N) is 1. The lowest BCUT2D eigenvalue weighted by Gasteiger charge is -2.28. The zero-order chi connectivity index (χ0) is 42.4. The number of imidazole rings is 1. The minimum atomic E-state index is -4.65. The Morgan fingerprint density at radius 2 is 1.62 bits per heavy atom. The van der Waals surface area contributed by atoms with Crippen molar-refractivity contribution in [3.8, 4) is 22.8 Å². The number of benzene rings is 3. The summed E-state index contributed by atoms with van der Waals surface area (Å²) in [6, 6.07) is 18.6. The number of hydrogen-bond acceptors (Lipinski definition) is 8. The summed E-state index contributed by atoms with van der Waals surface area (Å²) in [6.45, 7) is 9.78. The molecule has 1 amide bonds. The van der Waals surface area contributed by atoms with Crippen LogP contribution in [0.15, 0.2) is 101 Å². The standard InChI is InChI=1S/C34H36F3N7O4.C6H6O3S/c1-22-30(29-17-18-39-43(29)27-15-13-25(38-2)14-16-27)42(33(47)41(22)28-8-6-7-24(21-28)34(35,36)37)32(46)40-26-11-9-23(10-12-26)31(45)48-20-19-44(3,4)5;7-10(8,9)6-4-2-1-3-5-6/h6-8,13-18,21,23,26H,9-12,19-20H2,1,3-5H3;1-5H,(H,7,8,9). The monoisotopic (exact) mass is 821 g/mol. The molecular weight excluding hydrogens is 780 g/mol. The Morgan fingerprint density at radius 1 is 0.966 bits per heavy atom. The van der Waals surface area contributed by atoms with Crippen molar-refractivity contribution in [3.05, 3.63) is 124 Å². The van der Waals surface area contributed by atoms with Crippen LogP contribution in [0.3, 0.4) is 0 Å². The van der Waals surface area contributed by atoms with E-state index in [1.807, 2.05) is 21.1 Å². The molecule has 0 saturated heterocycles. The summed E-state index contributed by atoms with van der Waals surface area (Å²) in [5.41, 5.74) is -0.223. The predicted octanol–water partition coefficient (Wildman–Crippen LogP) is 6.33. The molecule has 306 valence electrons. The van der Waals surface area contributed by atoms with Crippen LogP contribution in [0.4, 0.5) is 23.7 Å². The summed E-state index contributed by atoms with van der Waals surface area (Å²) in [5.74, 6) is -0.560. The van der Waals surface area contributed by atoms with Crippen LogP contribution in [-0.2, 0) is 25.8 Å². The molecule has 0 unspecified atom stereocenters. The van der Waals surface area contributed by atoms with Gasteiger partial charge in [-0.15, -0.1) is 0 Å². The Balaban J connectivity index is 0.000000559. The molecule has 6 rings (SSSR count). The number of rotatable bonds is 9. The van der Waals surface area contributed by atoms with Crippen LogP contribution in [0.1, 0.15) is 36.9 Å². The van der Waals surface area contributed by atoms with E-state index >= 15 is 0 Å². The Morgan fingerprint density at radius 3 is 2.19 bits per heavy atom. The SMILES string of the molecule is O=S(=O)([O-])c1ccccc1.[C-]#[N+]c1ccc(-n2nccc2-c2c(C)n(-c3cccc(C(F)(F)F)c3)c(=O)n2C(=O)NC2CCC(C(=O)OCC[N+](C)(C)C)CC2)cc1. The number of quaternary nitrogens is 1. The average molecular weight is 822 g/mol. The van der Waals surface area contributed by atoms with E-state index in [0.717, 1.165) is 21.3 Å². The quantitative estimate of drug-likeness (QED) is 0.0782. The smallest absolute Gasteiger partial charge is 0.416 e. The van der Waals surface area contributed by atoms with Crippen molar-refractivity contribution < 1.29 is 45.0 Å². The highest BCUT2D eigenvalue weighted by Crippen LogP contribution is 2.33. The van der Waals surface area contributed by atoms with Gasteiger partial charge in [0.2, 0.25) is 0 Å². The molecule has 2 heterocycles. The third-order valence-electron chi connectivity index (χ3n) is 9.45. The van der Waals surface area contributed by atoms with E-state index in [4.69, 9.17) is 11.3 Å². The lowest BCUT2D eigenvalue weighted by atomic mass is 9.86. The van der Waals surface area contributed by atoms with E-state index in [1.165, 1.54) is 47.3 Å². The van der Waals surface area contributed by atoms with Gasteiger partial charge in [-0.25, -0.2) is 32.1 Å². The van der Waals surface area contributed by atoms with E-state index in [1.54, 1.807) is 43.3 Å². The molecule has 5 aromatic rings. The van der Waals surface area contributed by atoms with Crippen LogP contribution >= 0.6 is 0 Å². The summed E-state index contributed by atoms with van der Waals surface area (Å²) < 4.78 is 81.4. The topological polar surface area (TPSA) is 162 Å². The van der Waals surface area contributed by atoms with Crippen LogP contribution in [0, 0.1) is 19.4 Å². The third-order valence-corrected chi connectivity index (χ3v) is 10.3. The maximum absolute atomic E-state index is 14.1. The van der Waals surface area contributed by atoms with Crippen molar-refractivity contribution in [1.29, 1.82) is 0 Å². The normalized spacial score (nSPS) is 15.8. The van der Waals surface area contributed by atoms with Crippen LogP contribution in [0.2, 0.25) is 0 Å². The number of amides is 1. The van der Waals surface area contributed by atoms with Gasteiger partial charge in [0.25, 0.3) is 0 Å². The van der Waals surface area contributed by atoms with Crippen molar-refractivity contribution in [2.75, 3.05) is 34.3 Å². The van der Waals surface area contributed by atoms with Gasteiger partial charge in [0, 0.05) is 6.04 Å². The molecule has 1 saturated carbocycles. The molecule has 1 aliphatic rings. The first-order valence-electron chi connectivity index (χ1n) is 18.1. The highest BCUT2D eigenvalue weighted by molar-refractivity contribution is 7.85. The van der Waals surface area contributed by atoms with Gasteiger partial charge < -0.3 is 19.1 Å². The van der Waals surface area contributed by atoms with Gasteiger partial charge in [-0.3, -0.25) is 9.36 Å². The number of carbonyl (C=O) groups excluding carboxylic acids is 2. The molecule has 0 radical (unpaired) electrons. The average Bonchev–Trinajstić information content (AvgIpc) is 3.76. The minimum absolute atomic E-state index is 0.0584. The Kier molecular flexibility index (Phi) is 13.1. The second-order valence-electron chi connectivity index (χ2n) is 14.6. The van der Waals surface area contributed by atoms with Gasteiger partial charge in [0.15, 0.2) is 5.69 Å². The van der Waals surface area contributed by atoms with Gasteiger partial charge in [0.05, 0.1) is 73.1 Å². The Bertz CT molecular complexity index is 2460. The number of carbonyl (C=O) groups is 2. The molecule has 3 aromatic carbocycles. The molecule has 0 spiro atoms. The maximum Gasteiger partial charge on any atom is 0.416 e. The summed E-state index contributed by atoms with van der Waals surface area (Å²) in [6.07, 6.45) is -1.23. The van der Waals surface area contributed by atoms with E-state index in [0.29, 0.717) is 60.4 Å².